The Hall–Kier alpha value is -3.98. The van der Waals surface area contributed by atoms with E-state index in [-0.39, 0.29) is 35.1 Å². The van der Waals surface area contributed by atoms with Gasteiger partial charge in [0.1, 0.15) is 16.7 Å². The van der Waals surface area contributed by atoms with E-state index in [9.17, 15) is 53.6 Å². The van der Waals surface area contributed by atoms with Crippen molar-refractivity contribution < 1.29 is 62.9 Å². The first-order chi connectivity index (χ1) is 27.5. The number of nitrogens with one attached hydrogen (secondary N) is 1. The fourth-order valence-electron chi connectivity index (χ4n) is 7.93. The lowest BCUT2D eigenvalue weighted by Gasteiger charge is -2.31. The Labute approximate surface area is 347 Å². The number of unbranched alkanes of at least 4 members (excludes halogenated alkanes) is 4. The summed E-state index contributed by atoms with van der Waals surface area (Å²) < 4.78 is 110. The van der Waals surface area contributed by atoms with Crippen LogP contribution in [0.1, 0.15) is 96.1 Å². The molecule has 1 atom stereocenters. The normalized spacial score (nSPS) is 18.5. The number of benzene rings is 2. The van der Waals surface area contributed by atoms with Gasteiger partial charge in [-0.05, 0) is 88.4 Å². The number of nitrogens with zero attached hydrogens (tertiary/aromatic N) is 2. The summed E-state index contributed by atoms with van der Waals surface area (Å²) in [6.45, 7) is 7.10. The number of fused-ring (bicyclic) bond motifs is 2. The summed E-state index contributed by atoms with van der Waals surface area (Å²) >= 11 is 0. The zero-order chi connectivity index (χ0) is 43.8. The molecular formula is C40H55N3O13S3. The Morgan fingerprint density at radius 1 is 0.881 bits per heavy atom. The van der Waals surface area contributed by atoms with Crippen LogP contribution in [-0.4, -0.2) is 105 Å². The lowest BCUT2D eigenvalue weighted by atomic mass is 9.77. The average molecular weight is 882 g/mol. The van der Waals surface area contributed by atoms with Gasteiger partial charge in [-0.25, -0.2) is 8.42 Å². The van der Waals surface area contributed by atoms with Crippen molar-refractivity contribution in [3.8, 4) is 0 Å². The molecule has 0 bridgehead atoms. The molecule has 4 rings (SSSR count). The number of allylic oxidation sites excluding steroid dienone is 4. The molecule has 1 unspecified atom stereocenters. The second kappa shape index (κ2) is 19.6. The molecule has 0 aliphatic carbocycles. The molecule has 2 aliphatic rings. The van der Waals surface area contributed by atoms with Gasteiger partial charge in [0.15, 0.2) is 5.71 Å². The lowest BCUT2D eigenvalue weighted by Crippen LogP contribution is -2.30. The fourth-order valence-corrected chi connectivity index (χ4v) is 9.42. The topological polar surface area (TPSA) is 248 Å². The van der Waals surface area contributed by atoms with Gasteiger partial charge in [-0.3, -0.25) is 18.7 Å². The number of anilines is 1. The Balaban J connectivity index is 1.79. The molecule has 4 N–H and O–H groups in total. The summed E-state index contributed by atoms with van der Waals surface area (Å²) in [5, 5.41) is 12.0. The van der Waals surface area contributed by atoms with E-state index >= 15 is 0 Å². The van der Waals surface area contributed by atoms with Gasteiger partial charge in [-0.2, -0.15) is 21.4 Å². The number of ether oxygens (including phenoxy) is 1. The Morgan fingerprint density at radius 2 is 1.54 bits per heavy atom. The molecule has 0 spiro atoms. The van der Waals surface area contributed by atoms with Crippen molar-refractivity contribution in [2.24, 2.45) is 0 Å². The summed E-state index contributed by atoms with van der Waals surface area (Å²) in [4.78, 5) is 24.9. The number of carboxylic acid groups (broad SMARTS) is 1. The molecule has 326 valence electrons. The molecule has 2 aliphatic heterocycles. The first-order valence-corrected chi connectivity index (χ1v) is 23.9. The summed E-state index contributed by atoms with van der Waals surface area (Å²) in [5.41, 5.74) is 2.21. The van der Waals surface area contributed by atoms with E-state index < -0.39 is 52.9 Å². The van der Waals surface area contributed by atoms with Crippen LogP contribution in [0.3, 0.4) is 0 Å². The molecule has 2 heterocycles. The molecule has 1 amide bonds. The van der Waals surface area contributed by atoms with Crippen molar-refractivity contribution in [3.63, 3.8) is 0 Å². The Morgan fingerprint density at radius 3 is 2.19 bits per heavy atom. The van der Waals surface area contributed by atoms with E-state index in [4.69, 9.17) is 4.74 Å². The molecule has 0 radical (unpaired) electrons. The van der Waals surface area contributed by atoms with Gasteiger partial charge < -0.3 is 24.6 Å². The molecule has 0 saturated carbocycles. The third-order valence-corrected chi connectivity index (χ3v) is 13.4. The van der Waals surface area contributed by atoms with Crippen molar-refractivity contribution in [2.45, 2.75) is 106 Å². The third-order valence-electron chi connectivity index (χ3n) is 10.9. The standard InChI is InChI=1S/C40H55N3O13S3/c1-39(2)31-27-29(58(50,51)52)17-19-33(31)42(24-12-26-57(47,48)49)35(39)13-11-14-36-40(3,21-9-5-8-16-38(45)46)32-28-30(59(53,54)55)18-20-34(32)43(36)23-10-6-7-15-37(44)41-22-25-56-4/h11,13-14,17-20,27-28H,5-10,12,15-16,21-26H2,1-4H3,(H4-,41,44,45,46,47,48,49,50,51,52,53,54,55). The van der Waals surface area contributed by atoms with Crippen LogP contribution in [0.25, 0.3) is 0 Å². The minimum absolute atomic E-state index is 0.00289. The zero-order valence-electron chi connectivity index (χ0n) is 33.8. The molecule has 0 fully saturated rings. The molecule has 19 heteroatoms. The van der Waals surface area contributed by atoms with E-state index in [1.165, 1.54) is 30.3 Å². The molecule has 2 aromatic rings. The number of carbonyl (C=O) groups excluding carboxylic acids is 1. The van der Waals surface area contributed by atoms with Gasteiger partial charge in [0.25, 0.3) is 20.2 Å². The van der Waals surface area contributed by atoms with Crippen LogP contribution in [0.2, 0.25) is 0 Å². The van der Waals surface area contributed by atoms with E-state index in [2.05, 4.69) is 10.2 Å². The van der Waals surface area contributed by atoms with Gasteiger partial charge in [-0.15, -0.1) is 0 Å². The SMILES string of the molecule is COCCNC(=O)CCCCCN1C(=CC=CC2=[N+](CCCS(=O)(=O)O)c3ccc(S(=O)(=O)O)cc3C2(C)C)C(C)(CCCCCC(=O)O)c2cc(S(=O)(=O)[O-])ccc21. The van der Waals surface area contributed by atoms with Crippen LogP contribution in [0.4, 0.5) is 11.4 Å². The quantitative estimate of drug-likeness (QED) is 0.0647. The van der Waals surface area contributed by atoms with Gasteiger partial charge in [-0.1, -0.05) is 25.3 Å². The molecule has 2 aromatic carbocycles. The average Bonchev–Trinajstić information content (AvgIpc) is 3.49. The molecule has 0 aromatic heterocycles. The number of aliphatic carboxylic acids is 1. The zero-order valence-corrected chi connectivity index (χ0v) is 36.3. The predicted octanol–water partition coefficient (Wildman–Crippen LogP) is 5.07. The number of hydrogen-bond donors (Lipinski definition) is 4. The van der Waals surface area contributed by atoms with Crippen LogP contribution in [0.5, 0.6) is 0 Å². The van der Waals surface area contributed by atoms with Gasteiger partial charge in [0.05, 0.1) is 27.6 Å². The highest BCUT2D eigenvalue weighted by molar-refractivity contribution is 7.86. The van der Waals surface area contributed by atoms with Crippen molar-refractivity contribution in [1.29, 1.82) is 0 Å². The van der Waals surface area contributed by atoms with E-state index in [0.717, 1.165) is 5.70 Å². The minimum atomic E-state index is -4.82. The number of methoxy groups -OCH3 is 1. The number of carboxylic acids is 1. The largest absolute Gasteiger partial charge is 0.744 e. The van der Waals surface area contributed by atoms with E-state index in [1.54, 1.807) is 19.3 Å². The number of carbonyl (C=O) groups is 2. The molecule has 59 heavy (non-hydrogen) atoms. The van der Waals surface area contributed by atoms with E-state index in [1.807, 2.05) is 37.5 Å². The van der Waals surface area contributed by atoms with Crippen molar-refractivity contribution >= 4 is 59.3 Å². The van der Waals surface area contributed by atoms with Gasteiger partial charge >= 0.3 is 5.97 Å². The number of amides is 1. The van der Waals surface area contributed by atoms with Gasteiger partial charge in [0, 0.05) is 74.0 Å². The van der Waals surface area contributed by atoms with Crippen LogP contribution in [-0.2, 0) is 55.5 Å². The lowest BCUT2D eigenvalue weighted by molar-refractivity contribution is -0.437. The second-order valence-corrected chi connectivity index (χ2v) is 20.0. The molecular weight excluding hydrogens is 827 g/mol. The Kier molecular flexibility index (Phi) is 15.8. The summed E-state index contributed by atoms with van der Waals surface area (Å²) in [7, 11) is -12.1. The smallest absolute Gasteiger partial charge is 0.303 e. The summed E-state index contributed by atoms with van der Waals surface area (Å²) in [6, 6.07) is 8.48. The Bertz CT molecular complexity index is 2320. The minimum Gasteiger partial charge on any atom is -0.744 e. The maximum atomic E-state index is 12.3. The molecule has 16 nitrogen and oxygen atoms in total. The monoisotopic (exact) mass is 881 g/mol. The first kappa shape index (κ1) is 47.7. The second-order valence-electron chi connectivity index (χ2n) is 15.6. The highest BCUT2D eigenvalue weighted by Crippen LogP contribution is 2.51. The van der Waals surface area contributed by atoms with Crippen molar-refractivity contribution in [3.05, 3.63) is 71.5 Å². The number of rotatable bonds is 23. The van der Waals surface area contributed by atoms with Crippen LogP contribution in [0, 0.1) is 0 Å². The number of hydrogen-bond acceptors (Lipinski definition) is 11. The third kappa shape index (κ3) is 12.3. The summed E-state index contributed by atoms with van der Waals surface area (Å²) in [6.07, 6.45) is 9.92. The summed E-state index contributed by atoms with van der Waals surface area (Å²) in [5.74, 6) is -1.51. The van der Waals surface area contributed by atoms with Crippen LogP contribution < -0.4 is 10.2 Å². The van der Waals surface area contributed by atoms with Crippen LogP contribution in [0.15, 0.2) is 70.1 Å². The predicted molar refractivity (Wildman–Crippen MR) is 221 cm³/mol. The fraction of sp³-hybridized carbons (Fsp3) is 0.525. The molecule has 0 saturated heterocycles. The highest BCUT2D eigenvalue weighted by Gasteiger charge is 2.46. The van der Waals surface area contributed by atoms with E-state index in [0.29, 0.717) is 99.3 Å². The maximum Gasteiger partial charge on any atom is 0.303 e. The van der Waals surface area contributed by atoms with Crippen LogP contribution >= 0.6 is 0 Å². The van der Waals surface area contributed by atoms with Crippen molar-refractivity contribution in [2.75, 3.05) is 44.0 Å². The van der Waals surface area contributed by atoms with Crippen molar-refractivity contribution in [1.82, 2.24) is 5.32 Å². The first-order valence-electron chi connectivity index (χ1n) is 19.5. The van der Waals surface area contributed by atoms with Gasteiger partial charge in [0.2, 0.25) is 11.6 Å². The maximum absolute atomic E-state index is 12.3. The highest BCUT2D eigenvalue weighted by atomic mass is 32.2.